The Labute approximate surface area is 244 Å². The number of hydrogen-bond acceptors (Lipinski definition) is 6. The number of nitrogens with one attached hydrogen (secondary N) is 1. The Morgan fingerprint density at radius 1 is 1.07 bits per heavy atom. The van der Waals surface area contributed by atoms with Crippen LogP contribution in [0.25, 0.3) is 0 Å². The molecule has 0 spiro atoms. The molecule has 12 heteroatoms. The van der Waals surface area contributed by atoms with Crippen LogP contribution in [0.3, 0.4) is 0 Å². The van der Waals surface area contributed by atoms with E-state index in [-0.39, 0.29) is 42.1 Å². The highest BCUT2D eigenvalue weighted by Crippen LogP contribution is 2.42. The highest BCUT2D eigenvalue weighted by molar-refractivity contribution is 7.91. The molecule has 2 aromatic carbocycles. The first kappa shape index (κ1) is 31.8. The number of alkyl halides is 3. The van der Waals surface area contributed by atoms with Gasteiger partial charge in [0, 0.05) is 24.7 Å². The number of carbonyl (C=O) groups is 2. The summed E-state index contributed by atoms with van der Waals surface area (Å²) in [7, 11) is -3.41. The quantitative estimate of drug-likeness (QED) is 0.358. The molecule has 1 fully saturated rings. The Morgan fingerprint density at radius 2 is 1.74 bits per heavy atom. The first-order valence-electron chi connectivity index (χ1n) is 14.3. The van der Waals surface area contributed by atoms with Crippen molar-refractivity contribution >= 4 is 21.8 Å². The van der Waals surface area contributed by atoms with Crippen molar-refractivity contribution in [1.82, 2.24) is 10.2 Å². The van der Waals surface area contributed by atoms with E-state index in [1.165, 1.54) is 12.1 Å². The number of nitrogens with zero attached hydrogens (tertiary/aromatic N) is 1. The van der Waals surface area contributed by atoms with Gasteiger partial charge in [0.1, 0.15) is 6.61 Å². The van der Waals surface area contributed by atoms with Gasteiger partial charge in [-0.15, -0.1) is 0 Å². The number of ether oxygens (including phenoxy) is 1. The summed E-state index contributed by atoms with van der Waals surface area (Å²) in [6.07, 6.45) is -2.83. The maximum Gasteiger partial charge on any atom is 0.404 e. The van der Waals surface area contributed by atoms with Crippen molar-refractivity contribution in [2.45, 2.75) is 75.7 Å². The fourth-order valence-electron chi connectivity index (χ4n) is 6.11. The van der Waals surface area contributed by atoms with Crippen LogP contribution in [-0.4, -0.2) is 50.4 Å². The molecule has 2 amide bonds. The van der Waals surface area contributed by atoms with Gasteiger partial charge in [0.15, 0.2) is 9.84 Å². The molecule has 230 valence electrons. The van der Waals surface area contributed by atoms with E-state index in [4.69, 9.17) is 10.5 Å². The molecule has 2 atom stereocenters. The van der Waals surface area contributed by atoms with Crippen molar-refractivity contribution < 1.29 is 35.9 Å². The zero-order chi connectivity index (χ0) is 30.7. The third-order valence-corrected chi connectivity index (χ3v) is 10.2. The molecule has 8 nitrogen and oxygen atoms in total. The predicted molar refractivity (Wildman–Crippen MR) is 151 cm³/mol. The van der Waals surface area contributed by atoms with Crippen LogP contribution in [0.4, 0.5) is 18.0 Å². The second-order valence-electron chi connectivity index (χ2n) is 11.2. The monoisotopic (exact) mass is 609 g/mol. The Balaban J connectivity index is 1.45. The summed E-state index contributed by atoms with van der Waals surface area (Å²) < 4.78 is 68.6. The molecule has 0 bridgehead atoms. The van der Waals surface area contributed by atoms with Gasteiger partial charge >= 0.3 is 12.3 Å². The smallest absolute Gasteiger partial charge is 0.404 e. The fraction of sp³-hybridized carbons (Fsp3) is 0.533. The van der Waals surface area contributed by atoms with Crippen LogP contribution < -0.4 is 11.1 Å². The van der Waals surface area contributed by atoms with Crippen LogP contribution in [-0.2, 0) is 21.1 Å². The van der Waals surface area contributed by atoms with E-state index in [9.17, 15) is 31.2 Å². The van der Waals surface area contributed by atoms with E-state index in [2.05, 4.69) is 17.1 Å². The molecule has 0 aromatic heterocycles. The van der Waals surface area contributed by atoms with Crippen molar-refractivity contribution in [3.05, 3.63) is 64.7 Å². The maximum absolute atomic E-state index is 13.3. The van der Waals surface area contributed by atoms with Crippen molar-refractivity contribution in [2.24, 2.45) is 17.6 Å². The number of carbonyl (C=O) groups excluding carboxylic acids is 2. The molecule has 1 aliphatic heterocycles. The minimum atomic E-state index is -4.12. The largest absolute Gasteiger partial charge is 0.447 e. The molecule has 42 heavy (non-hydrogen) atoms. The first-order chi connectivity index (χ1) is 19.8. The Hall–Kier alpha value is -3.12. The number of amides is 2. The van der Waals surface area contributed by atoms with Gasteiger partial charge in [-0.1, -0.05) is 32.0 Å². The number of sulfone groups is 1. The highest BCUT2D eigenvalue weighted by atomic mass is 32.2. The minimum absolute atomic E-state index is 0.0505. The lowest BCUT2D eigenvalue weighted by atomic mass is 9.81. The van der Waals surface area contributed by atoms with Gasteiger partial charge < -0.3 is 15.8 Å². The summed E-state index contributed by atoms with van der Waals surface area (Å²) in [6, 6.07) is 10.9. The number of fused-ring (bicyclic) bond motifs is 1. The molecule has 1 aliphatic carbocycles. The molecule has 0 radical (unpaired) electrons. The van der Waals surface area contributed by atoms with Crippen molar-refractivity contribution in [2.75, 3.05) is 18.9 Å². The third-order valence-electron chi connectivity index (χ3n) is 8.49. The van der Waals surface area contributed by atoms with Gasteiger partial charge in [0.05, 0.1) is 22.6 Å². The predicted octanol–water partition coefficient (Wildman–Crippen LogP) is 5.68. The molecule has 0 saturated heterocycles. The number of halogens is 3. The zero-order valence-corrected chi connectivity index (χ0v) is 24.6. The molecule has 1 heterocycles. The van der Waals surface area contributed by atoms with Crippen LogP contribution >= 0.6 is 0 Å². The average molecular weight is 610 g/mol. The topological polar surface area (TPSA) is 119 Å². The molecule has 2 aromatic rings. The maximum atomic E-state index is 13.3. The second kappa shape index (κ2) is 13.0. The summed E-state index contributed by atoms with van der Waals surface area (Å²) in [4.78, 5) is 27.1. The lowest BCUT2D eigenvalue weighted by Crippen LogP contribution is -2.33. The zero-order valence-electron chi connectivity index (χ0n) is 23.8. The molecule has 1 unspecified atom stereocenters. The fourth-order valence-corrected chi connectivity index (χ4v) is 7.00. The van der Waals surface area contributed by atoms with Crippen molar-refractivity contribution in [1.29, 1.82) is 0 Å². The van der Waals surface area contributed by atoms with Gasteiger partial charge in [-0.25, -0.2) is 13.2 Å². The summed E-state index contributed by atoms with van der Waals surface area (Å²) in [5, 5.41) is 2.86. The van der Waals surface area contributed by atoms with Crippen LogP contribution in [0.15, 0.2) is 47.4 Å². The molecular weight excluding hydrogens is 571 g/mol. The Morgan fingerprint density at radius 3 is 2.31 bits per heavy atom. The third kappa shape index (κ3) is 7.44. The van der Waals surface area contributed by atoms with E-state index in [1.54, 1.807) is 25.1 Å². The van der Waals surface area contributed by atoms with E-state index in [1.807, 2.05) is 12.1 Å². The van der Waals surface area contributed by atoms with Crippen molar-refractivity contribution in [3.63, 3.8) is 0 Å². The lowest BCUT2D eigenvalue weighted by molar-refractivity contribution is -0.184. The van der Waals surface area contributed by atoms with Crippen LogP contribution in [0.1, 0.15) is 85.1 Å². The van der Waals surface area contributed by atoms with E-state index in [0.29, 0.717) is 30.5 Å². The Kier molecular flexibility index (Phi) is 9.87. The molecule has 3 N–H and O–H groups in total. The standard InChI is InChI=1S/C30H38F3N3O5S/c1-3-27-25-14-9-21(15-22(25)17-36(27)16-19-5-10-23(11-6-19)30(31,32)33)28(37)35-26(18-41-29(34)38)20-7-12-24(13-8-20)42(39,40)4-2/h7-9,12-15,19,23,26-27H,3-6,10-11,16-18H2,1-2H3,(H2,34,38)(H,35,37)/t19-,23-,26?,27-/m1/s1. The SMILES string of the molecule is CC[C@@H]1c2ccc(C(=O)NC(COC(N)=O)c3ccc(S(=O)(=O)CC)cc3)cc2CN1C[C@H]1CC[C@H](C(F)(F)F)CC1. The number of hydrogen-bond donors (Lipinski definition) is 2. The molecule has 2 aliphatic rings. The van der Waals surface area contributed by atoms with Gasteiger partial charge in [-0.2, -0.15) is 13.2 Å². The van der Waals surface area contributed by atoms with E-state index >= 15 is 0 Å². The van der Waals surface area contributed by atoms with Crippen molar-refractivity contribution in [3.8, 4) is 0 Å². The van der Waals surface area contributed by atoms with Gasteiger partial charge in [-0.3, -0.25) is 9.69 Å². The number of primary amides is 1. The number of nitrogens with two attached hydrogens (primary N) is 1. The molecular formula is C30H38F3N3O5S. The average Bonchev–Trinajstić information content (AvgIpc) is 3.30. The number of rotatable bonds is 10. The second-order valence-corrected chi connectivity index (χ2v) is 13.4. The first-order valence-corrected chi connectivity index (χ1v) is 16.0. The summed E-state index contributed by atoms with van der Waals surface area (Å²) in [6.45, 7) is 4.71. The number of benzene rings is 2. The molecule has 1 saturated carbocycles. The Bertz CT molecular complexity index is 1370. The van der Waals surface area contributed by atoms with Crippen LogP contribution in [0.5, 0.6) is 0 Å². The van der Waals surface area contributed by atoms with E-state index in [0.717, 1.165) is 24.1 Å². The van der Waals surface area contributed by atoms with Gasteiger partial charge in [0.2, 0.25) is 0 Å². The molecule has 4 rings (SSSR count). The van der Waals surface area contributed by atoms with Gasteiger partial charge in [0.25, 0.3) is 5.91 Å². The van der Waals surface area contributed by atoms with Crippen LogP contribution in [0, 0.1) is 11.8 Å². The normalized spacial score (nSPS) is 21.9. The summed E-state index contributed by atoms with van der Waals surface area (Å²) in [5.41, 5.74) is 8.20. The van der Waals surface area contributed by atoms with Crippen LogP contribution in [0.2, 0.25) is 0 Å². The highest BCUT2D eigenvalue weighted by Gasteiger charge is 2.42. The van der Waals surface area contributed by atoms with Gasteiger partial charge in [-0.05, 0) is 79.0 Å². The lowest BCUT2D eigenvalue weighted by Gasteiger charge is -2.34. The summed E-state index contributed by atoms with van der Waals surface area (Å²) >= 11 is 0. The minimum Gasteiger partial charge on any atom is -0.447 e. The summed E-state index contributed by atoms with van der Waals surface area (Å²) in [5.74, 6) is -1.45. The van der Waals surface area contributed by atoms with E-state index < -0.39 is 40.0 Å².